The van der Waals surface area contributed by atoms with Crippen molar-refractivity contribution in [3.63, 3.8) is 0 Å². The zero-order valence-corrected chi connectivity index (χ0v) is 12.4. The van der Waals surface area contributed by atoms with E-state index in [0.717, 1.165) is 19.4 Å². The number of rotatable bonds is 10. The molecule has 0 unspecified atom stereocenters. The Balaban J connectivity index is 2.41. The lowest BCUT2D eigenvalue weighted by Gasteiger charge is -2.08. The number of unbranched alkanes of at least 4 members (excludes halogenated alkanes) is 5. The van der Waals surface area contributed by atoms with Gasteiger partial charge in [0.15, 0.2) is 0 Å². The molecule has 1 N–H and O–H groups in total. The molecule has 0 heterocycles. The van der Waals surface area contributed by atoms with Gasteiger partial charge in [0.1, 0.15) is 11.4 Å². The van der Waals surface area contributed by atoms with Crippen molar-refractivity contribution in [1.29, 1.82) is 0 Å². The highest BCUT2D eigenvalue weighted by molar-refractivity contribution is 5.63. The van der Waals surface area contributed by atoms with E-state index >= 15 is 0 Å². The molecule has 20 heavy (non-hydrogen) atoms. The quantitative estimate of drug-likeness (QED) is 0.392. The van der Waals surface area contributed by atoms with Crippen LogP contribution in [0.25, 0.3) is 0 Å². The van der Waals surface area contributed by atoms with Crippen molar-refractivity contribution in [2.45, 2.75) is 45.4 Å². The van der Waals surface area contributed by atoms with Crippen molar-refractivity contribution in [3.05, 3.63) is 28.3 Å². The third-order valence-corrected chi connectivity index (χ3v) is 3.25. The molecule has 0 aliphatic rings. The largest absolute Gasteiger partial charge is 0.496 e. The molecule has 5 nitrogen and oxygen atoms in total. The molecule has 1 rings (SSSR count). The Labute approximate surface area is 120 Å². The molecule has 0 spiro atoms. The first kappa shape index (κ1) is 16.3. The average molecular weight is 280 g/mol. The summed E-state index contributed by atoms with van der Waals surface area (Å²) < 4.78 is 5.01. The van der Waals surface area contributed by atoms with Gasteiger partial charge in [-0.05, 0) is 18.6 Å². The van der Waals surface area contributed by atoms with E-state index in [-0.39, 0.29) is 10.6 Å². The number of methoxy groups -OCH3 is 1. The number of nitro benzene ring substituents is 1. The molecule has 0 bridgehead atoms. The van der Waals surface area contributed by atoms with Crippen LogP contribution in [0.3, 0.4) is 0 Å². The fourth-order valence-corrected chi connectivity index (χ4v) is 2.07. The van der Waals surface area contributed by atoms with E-state index in [9.17, 15) is 10.1 Å². The summed E-state index contributed by atoms with van der Waals surface area (Å²) in [7, 11) is 1.50. The molecule has 0 aromatic heterocycles. The lowest BCUT2D eigenvalue weighted by Crippen LogP contribution is -2.04. The second kappa shape index (κ2) is 9.18. The first-order valence-electron chi connectivity index (χ1n) is 7.25. The van der Waals surface area contributed by atoms with Gasteiger partial charge in [-0.25, -0.2) is 0 Å². The predicted molar refractivity (Wildman–Crippen MR) is 81.5 cm³/mol. The van der Waals surface area contributed by atoms with Crippen LogP contribution < -0.4 is 10.1 Å². The van der Waals surface area contributed by atoms with Gasteiger partial charge < -0.3 is 10.1 Å². The van der Waals surface area contributed by atoms with Crippen LogP contribution in [0.5, 0.6) is 5.75 Å². The number of hydrogen-bond acceptors (Lipinski definition) is 4. The Morgan fingerprint density at radius 2 is 1.90 bits per heavy atom. The molecule has 112 valence electrons. The summed E-state index contributed by atoms with van der Waals surface area (Å²) in [5.74, 6) is 0.502. The molecular formula is C15H24N2O3. The molecule has 0 aliphatic carbocycles. The lowest BCUT2D eigenvalue weighted by molar-refractivity contribution is -0.384. The Kier molecular flexibility index (Phi) is 7.47. The third kappa shape index (κ3) is 5.47. The Morgan fingerprint density at radius 3 is 2.55 bits per heavy atom. The number of nitro groups is 1. The van der Waals surface area contributed by atoms with Crippen molar-refractivity contribution in [1.82, 2.24) is 0 Å². The van der Waals surface area contributed by atoms with Crippen molar-refractivity contribution >= 4 is 11.4 Å². The summed E-state index contributed by atoms with van der Waals surface area (Å²) in [6, 6.07) is 4.88. The van der Waals surface area contributed by atoms with Crippen molar-refractivity contribution in [2.24, 2.45) is 0 Å². The molecule has 0 saturated carbocycles. The van der Waals surface area contributed by atoms with Crippen LogP contribution in [0, 0.1) is 10.1 Å². The summed E-state index contributed by atoms with van der Waals surface area (Å²) in [5.41, 5.74) is 0.625. The van der Waals surface area contributed by atoms with Gasteiger partial charge in [0.2, 0.25) is 0 Å². The maximum atomic E-state index is 11.0. The summed E-state index contributed by atoms with van der Waals surface area (Å²) in [4.78, 5) is 10.6. The molecule has 1 aromatic carbocycles. The molecule has 0 amide bonds. The van der Waals surface area contributed by atoms with Crippen LogP contribution in [-0.4, -0.2) is 18.6 Å². The lowest BCUT2D eigenvalue weighted by atomic mass is 10.1. The average Bonchev–Trinajstić information content (AvgIpc) is 2.46. The van der Waals surface area contributed by atoms with Crippen molar-refractivity contribution in [3.8, 4) is 5.75 Å². The predicted octanol–water partition coefficient (Wildman–Crippen LogP) is 4.38. The van der Waals surface area contributed by atoms with E-state index < -0.39 is 0 Å². The van der Waals surface area contributed by atoms with Gasteiger partial charge in [-0.2, -0.15) is 0 Å². The third-order valence-electron chi connectivity index (χ3n) is 3.25. The van der Waals surface area contributed by atoms with Crippen molar-refractivity contribution < 1.29 is 9.66 Å². The molecule has 0 atom stereocenters. The maximum absolute atomic E-state index is 11.0. The molecule has 0 saturated heterocycles. The molecule has 5 heteroatoms. The first-order valence-corrected chi connectivity index (χ1v) is 7.25. The minimum absolute atomic E-state index is 0.0651. The van der Waals surface area contributed by atoms with E-state index in [4.69, 9.17) is 4.74 Å². The Bertz CT molecular complexity index is 422. The molecule has 0 fully saturated rings. The highest BCUT2D eigenvalue weighted by Crippen LogP contribution is 2.28. The number of nitrogens with one attached hydrogen (secondary N) is 1. The topological polar surface area (TPSA) is 64.4 Å². The maximum Gasteiger partial charge on any atom is 0.296 e. The fourth-order valence-electron chi connectivity index (χ4n) is 2.07. The standard InChI is InChI=1S/C15H24N2O3/c1-3-4-5-6-7-8-11-16-14-10-9-13(20-2)12-15(14)17(18)19/h9-10,12,16H,3-8,11H2,1-2H3. The highest BCUT2D eigenvalue weighted by atomic mass is 16.6. The Hall–Kier alpha value is -1.78. The summed E-state index contributed by atoms with van der Waals surface area (Å²) in [6.45, 7) is 2.96. The second-order valence-electron chi connectivity index (χ2n) is 4.83. The number of benzene rings is 1. The van der Waals surface area contributed by atoms with E-state index in [1.807, 2.05) is 0 Å². The second-order valence-corrected chi connectivity index (χ2v) is 4.83. The van der Waals surface area contributed by atoms with E-state index in [0.29, 0.717) is 11.4 Å². The minimum Gasteiger partial charge on any atom is -0.496 e. The van der Waals surface area contributed by atoms with Crippen LogP contribution in [0.2, 0.25) is 0 Å². The van der Waals surface area contributed by atoms with Gasteiger partial charge in [-0.3, -0.25) is 10.1 Å². The van der Waals surface area contributed by atoms with E-state index in [2.05, 4.69) is 12.2 Å². The smallest absolute Gasteiger partial charge is 0.296 e. The SMILES string of the molecule is CCCCCCCCNc1ccc(OC)cc1[N+](=O)[O-]. The zero-order valence-electron chi connectivity index (χ0n) is 12.4. The fraction of sp³-hybridized carbons (Fsp3) is 0.600. The van der Waals surface area contributed by atoms with Gasteiger partial charge in [0.25, 0.3) is 5.69 Å². The van der Waals surface area contributed by atoms with E-state index in [1.54, 1.807) is 12.1 Å². The van der Waals surface area contributed by atoms with E-state index in [1.165, 1.54) is 38.9 Å². The summed E-state index contributed by atoms with van der Waals surface area (Å²) in [6.07, 6.45) is 7.25. The zero-order chi connectivity index (χ0) is 14.8. The number of anilines is 1. The Morgan fingerprint density at radius 1 is 1.20 bits per heavy atom. The van der Waals surface area contributed by atoms with Gasteiger partial charge in [0, 0.05) is 6.54 Å². The molecule has 0 radical (unpaired) electrons. The molecule has 0 aliphatic heterocycles. The first-order chi connectivity index (χ1) is 9.69. The minimum atomic E-state index is -0.383. The van der Waals surface area contributed by atoms with Crippen LogP contribution >= 0.6 is 0 Å². The van der Waals surface area contributed by atoms with Crippen molar-refractivity contribution in [2.75, 3.05) is 19.0 Å². The molecule has 1 aromatic rings. The van der Waals surface area contributed by atoms with Gasteiger partial charge >= 0.3 is 0 Å². The van der Waals surface area contributed by atoms with Crippen LogP contribution in [-0.2, 0) is 0 Å². The van der Waals surface area contributed by atoms with Crippen LogP contribution in [0.15, 0.2) is 18.2 Å². The van der Waals surface area contributed by atoms with Crippen LogP contribution in [0.1, 0.15) is 45.4 Å². The number of ether oxygens (including phenoxy) is 1. The van der Waals surface area contributed by atoms with Gasteiger partial charge in [-0.1, -0.05) is 39.0 Å². The normalized spacial score (nSPS) is 10.3. The summed E-state index contributed by atoms with van der Waals surface area (Å²) >= 11 is 0. The van der Waals surface area contributed by atoms with Gasteiger partial charge in [0.05, 0.1) is 18.1 Å². The number of nitrogens with zero attached hydrogens (tertiary/aromatic N) is 1. The monoisotopic (exact) mass is 280 g/mol. The van der Waals surface area contributed by atoms with Gasteiger partial charge in [-0.15, -0.1) is 0 Å². The highest BCUT2D eigenvalue weighted by Gasteiger charge is 2.14. The molecular weight excluding hydrogens is 256 g/mol. The van der Waals surface area contributed by atoms with Crippen LogP contribution in [0.4, 0.5) is 11.4 Å². The summed E-state index contributed by atoms with van der Waals surface area (Å²) in [5, 5.41) is 14.1. The number of hydrogen-bond donors (Lipinski definition) is 1.